The molecular weight excluding hydrogens is 250 g/mol. The number of methoxy groups -OCH3 is 2. The minimum absolute atomic E-state index is 0.476. The molecular formula is C8H14BrN3O2. The topological polar surface area (TPSA) is 49.2 Å². The molecule has 0 bridgehead atoms. The van der Waals surface area contributed by atoms with Gasteiger partial charge in [0.15, 0.2) is 5.82 Å². The maximum Gasteiger partial charge on any atom is 0.159 e. The molecule has 0 saturated carbocycles. The van der Waals surface area contributed by atoms with Crippen LogP contribution in [0.5, 0.6) is 0 Å². The smallest absolute Gasteiger partial charge is 0.159 e. The van der Waals surface area contributed by atoms with Gasteiger partial charge in [-0.15, -0.1) is 10.2 Å². The summed E-state index contributed by atoms with van der Waals surface area (Å²) in [6, 6.07) is 0. The minimum atomic E-state index is 0.476. The zero-order chi connectivity index (χ0) is 10.4. The SMILES string of the molecule is COCCn1c(CBr)nnc1COC. The van der Waals surface area contributed by atoms with Gasteiger partial charge in [-0.3, -0.25) is 0 Å². The largest absolute Gasteiger partial charge is 0.383 e. The lowest BCUT2D eigenvalue weighted by atomic mass is 10.5. The molecule has 0 fully saturated rings. The van der Waals surface area contributed by atoms with E-state index in [1.54, 1.807) is 14.2 Å². The molecule has 0 aromatic carbocycles. The summed E-state index contributed by atoms with van der Waals surface area (Å²) in [5, 5.41) is 8.76. The number of hydrogen-bond donors (Lipinski definition) is 0. The van der Waals surface area contributed by atoms with Gasteiger partial charge >= 0.3 is 0 Å². The summed E-state index contributed by atoms with van der Waals surface area (Å²) in [6.07, 6.45) is 0. The Hall–Kier alpha value is -0.460. The number of nitrogens with zero attached hydrogens (tertiary/aromatic N) is 3. The first kappa shape index (κ1) is 11.6. The Morgan fingerprint density at radius 1 is 1.21 bits per heavy atom. The standard InChI is InChI=1S/C8H14BrN3O2/c1-13-4-3-12-7(5-9)10-11-8(12)6-14-2/h3-6H2,1-2H3. The molecule has 1 aromatic heterocycles. The molecule has 14 heavy (non-hydrogen) atoms. The van der Waals surface area contributed by atoms with Crippen molar-refractivity contribution in [3.63, 3.8) is 0 Å². The van der Waals surface area contributed by atoms with Gasteiger partial charge in [0, 0.05) is 20.8 Å². The molecule has 0 aliphatic carbocycles. The van der Waals surface area contributed by atoms with E-state index in [9.17, 15) is 0 Å². The fourth-order valence-corrected chi connectivity index (χ4v) is 1.56. The van der Waals surface area contributed by atoms with E-state index in [-0.39, 0.29) is 0 Å². The second kappa shape index (κ2) is 6.10. The van der Waals surface area contributed by atoms with Gasteiger partial charge in [0.05, 0.1) is 11.9 Å². The number of hydrogen-bond acceptors (Lipinski definition) is 4. The van der Waals surface area contributed by atoms with Crippen molar-refractivity contribution in [3.05, 3.63) is 11.6 Å². The third-order valence-corrected chi connectivity index (χ3v) is 2.32. The van der Waals surface area contributed by atoms with E-state index in [0.717, 1.165) is 18.2 Å². The van der Waals surface area contributed by atoms with E-state index in [0.29, 0.717) is 18.5 Å². The van der Waals surface area contributed by atoms with Gasteiger partial charge in [-0.05, 0) is 0 Å². The van der Waals surface area contributed by atoms with Crippen molar-refractivity contribution in [1.82, 2.24) is 14.8 Å². The highest BCUT2D eigenvalue weighted by molar-refractivity contribution is 9.08. The van der Waals surface area contributed by atoms with Crippen molar-refractivity contribution in [1.29, 1.82) is 0 Å². The second-order valence-electron chi connectivity index (χ2n) is 2.74. The predicted molar refractivity (Wildman–Crippen MR) is 55.2 cm³/mol. The van der Waals surface area contributed by atoms with Crippen LogP contribution in [0.2, 0.25) is 0 Å². The van der Waals surface area contributed by atoms with Crippen LogP contribution in [-0.4, -0.2) is 35.6 Å². The number of alkyl halides is 1. The van der Waals surface area contributed by atoms with Crippen molar-refractivity contribution in [2.24, 2.45) is 0 Å². The normalized spacial score (nSPS) is 10.8. The summed E-state index contributed by atoms with van der Waals surface area (Å²) in [6.45, 7) is 1.88. The monoisotopic (exact) mass is 263 g/mol. The van der Waals surface area contributed by atoms with Crippen molar-refractivity contribution in [2.45, 2.75) is 18.5 Å². The third-order valence-electron chi connectivity index (χ3n) is 1.82. The van der Waals surface area contributed by atoms with Crippen molar-refractivity contribution in [3.8, 4) is 0 Å². The van der Waals surface area contributed by atoms with Crippen molar-refractivity contribution < 1.29 is 9.47 Å². The van der Waals surface area contributed by atoms with Crippen LogP contribution in [0.4, 0.5) is 0 Å². The molecule has 0 spiro atoms. The minimum Gasteiger partial charge on any atom is -0.383 e. The van der Waals surface area contributed by atoms with Gasteiger partial charge in [0.25, 0.3) is 0 Å². The third kappa shape index (κ3) is 2.76. The fraction of sp³-hybridized carbons (Fsp3) is 0.750. The molecule has 1 rings (SSSR count). The molecule has 1 aromatic rings. The van der Waals surface area contributed by atoms with Crippen LogP contribution < -0.4 is 0 Å². The maximum atomic E-state index is 5.03. The molecule has 0 radical (unpaired) electrons. The summed E-state index contributed by atoms with van der Waals surface area (Å²) in [7, 11) is 3.32. The second-order valence-corrected chi connectivity index (χ2v) is 3.30. The molecule has 0 amide bonds. The van der Waals surface area contributed by atoms with E-state index in [4.69, 9.17) is 9.47 Å². The highest BCUT2D eigenvalue weighted by Crippen LogP contribution is 2.07. The molecule has 80 valence electrons. The van der Waals surface area contributed by atoms with Crippen molar-refractivity contribution in [2.75, 3.05) is 20.8 Å². The number of rotatable bonds is 6. The van der Waals surface area contributed by atoms with Crippen LogP contribution in [-0.2, 0) is 28.0 Å². The Bertz CT molecular complexity index is 278. The van der Waals surface area contributed by atoms with Crippen LogP contribution in [0.1, 0.15) is 11.6 Å². The van der Waals surface area contributed by atoms with E-state index < -0.39 is 0 Å². The van der Waals surface area contributed by atoms with Crippen LogP contribution in [0, 0.1) is 0 Å². The summed E-state index contributed by atoms with van der Waals surface area (Å²) in [4.78, 5) is 0. The summed E-state index contributed by atoms with van der Waals surface area (Å²) in [5.41, 5.74) is 0. The summed E-state index contributed by atoms with van der Waals surface area (Å²) >= 11 is 3.36. The van der Waals surface area contributed by atoms with E-state index in [1.165, 1.54) is 0 Å². The number of halogens is 1. The Morgan fingerprint density at radius 3 is 2.50 bits per heavy atom. The Labute approximate surface area is 91.5 Å². The van der Waals surface area contributed by atoms with Crippen LogP contribution >= 0.6 is 15.9 Å². The zero-order valence-electron chi connectivity index (χ0n) is 8.36. The molecule has 0 aliphatic heterocycles. The first-order chi connectivity index (χ1) is 6.83. The zero-order valence-corrected chi connectivity index (χ0v) is 9.95. The maximum absolute atomic E-state index is 5.03. The molecule has 5 nitrogen and oxygen atoms in total. The quantitative estimate of drug-likeness (QED) is 0.718. The van der Waals surface area contributed by atoms with Gasteiger partial charge in [-0.25, -0.2) is 0 Å². The number of aromatic nitrogens is 3. The van der Waals surface area contributed by atoms with Crippen LogP contribution in [0.15, 0.2) is 0 Å². The lowest BCUT2D eigenvalue weighted by molar-refractivity contribution is 0.162. The Balaban J connectivity index is 2.76. The Morgan fingerprint density at radius 2 is 1.93 bits per heavy atom. The number of ether oxygens (including phenoxy) is 2. The van der Waals surface area contributed by atoms with Gasteiger partial charge in [0.1, 0.15) is 12.4 Å². The predicted octanol–water partition coefficient (Wildman–Crippen LogP) is 0.966. The van der Waals surface area contributed by atoms with E-state index >= 15 is 0 Å². The molecule has 0 N–H and O–H groups in total. The van der Waals surface area contributed by atoms with Crippen molar-refractivity contribution >= 4 is 15.9 Å². The van der Waals surface area contributed by atoms with Gasteiger partial charge in [-0.1, -0.05) is 15.9 Å². The molecule has 1 heterocycles. The van der Waals surface area contributed by atoms with Gasteiger partial charge in [-0.2, -0.15) is 0 Å². The van der Waals surface area contributed by atoms with E-state index in [2.05, 4.69) is 26.1 Å². The average Bonchev–Trinajstić information content (AvgIpc) is 2.58. The van der Waals surface area contributed by atoms with Gasteiger partial charge < -0.3 is 14.0 Å². The summed E-state index contributed by atoms with van der Waals surface area (Å²) in [5.74, 6) is 1.73. The first-order valence-electron chi connectivity index (χ1n) is 4.28. The van der Waals surface area contributed by atoms with Crippen LogP contribution in [0.25, 0.3) is 0 Å². The lowest BCUT2D eigenvalue weighted by Gasteiger charge is -2.07. The molecule has 6 heteroatoms. The average molecular weight is 264 g/mol. The van der Waals surface area contributed by atoms with Gasteiger partial charge in [0.2, 0.25) is 0 Å². The first-order valence-corrected chi connectivity index (χ1v) is 5.40. The lowest BCUT2D eigenvalue weighted by Crippen LogP contribution is -2.11. The van der Waals surface area contributed by atoms with E-state index in [1.807, 2.05) is 4.57 Å². The molecule has 0 saturated heterocycles. The Kier molecular flexibility index (Phi) is 5.06. The highest BCUT2D eigenvalue weighted by Gasteiger charge is 2.09. The molecule has 0 aliphatic rings. The summed E-state index contributed by atoms with van der Waals surface area (Å²) < 4.78 is 12.0. The highest BCUT2D eigenvalue weighted by atomic mass is 79.9. The van der Waals surface area contributed by atoms with Crippen LogP contribution in [0.3, 0.4) is 0 Å². The molecule has 0 unspecified atom stereocenters. The fourth-order valence-electron chi connectivity index (χ4n) is 1.15. The molecule has 0 atom stereocenters.